The van der Waals surface area contributed by atoms with E-state index >= 15 is 0 Å². The lowest BCUT2D eigenvalue weighted by Gasteiger charge is -2.12. The van der Waals surface area contributed by atoms with Crippen LogP contribution in [-0.2, 0) is 26.3 Å². The minimum Gasteiger partial charge on any atom is -0.348 e. The molecule has 0 aromatic carbocycles. The van der Waals surface area contributed by atoms with E-state index in [9.17, 15) is 27.6 Å². The third-order valence-electron chi connectivity index (χ3n) is 5.10. The second-order valence-electron chi connectivity index (χ2n) is 7.16. The van der Waals surface area contributed by atoms with E-state index in [-0.39, 0.29) is 11.0 Å². The summed E-state index contributed by atoms with van der Waals surface area (Å²) in [5.41, 5.74) is -1.33. The summed E-state index contributed by atoms with van der Waals surface area (Å²) < 4.78 is 42.4. The van der Waals surface area contributed by atoms with Crippen molar-refractivity contribution in [3.05, 3.63) is 61.7 Å². The van der Waals surface area contributed by atoms with Crippen LogP contribution in [0.25, 0.3) is 11.0 Å². The summed E-state index contributed by atoms with van der Waals surface area (Å²) in [5, 5.41) is -0.172. The van der Waals surface area contributed by atoms with Crippen molar-refractivity contribution in [2.75, 3.05) is 0 Å². The van der Waals surface area contributed by atoms with E-state index in [0.717, 1.165) is 39.6 Å². The fraction of sp³-hybridized carbons (Fsp3) is 0.400. The Balaban J connectivity index is 2.10. The van der Waals surface area contributed by atoms with Gasteiger partial charge in [0.1, 0.15) is 11.3 Å². The zero-order chi connectivity index (χ0) is 22.4. The van der Waals surface area contributed by atoms with Crippen molar-refractivity contribution in [1.82, 2.24) is 18.7 Å². The SMILES string of the molecule is CCCn1c(C)cc(C(=O)Cn2c(=O)c3ccc(C(F)(F)F)nc3n(C)c2=O)c1C. The molecule has 3 aromatic heterocycles. The van der Waals surface area contributed by atoms with E-state index in [1.54, 1.807) is 13.0 Å². The summed E-state index contributed by atoms with van der Waals surface area (Å²) in [5.74, 6) is -0.427. The monoisotopic (exact) mass is 422 g/mol. The van der Waals surface area contributed by atoms with Crippen LogP contribution in [0.1, 0.15) is 40.8 Å². The third kappa shape index (κ3) is 3.57. The van der Waals surface area contributed by atoms with Crippen LogP contribution < -0.4 is 11.2 Å². The molecule has 0 saturated carbocycles. The Morgan fingerprint density at radius 1 is 1.13 bits per heavy atom. The zero-order valence-corrected chi connectivity index (χ0v) is 17.0. The summed E-state index contributed by atoms with van der Waals surface area (Å²) in [4.78, 5) is 41.7. The normalized spacial score (nSPS) is 12.0. The van der Waals surface area contributed by atoms with Crippen molar-refractivity contribution in [1.29, 1.82) is 0 Å². The first-order valence-electron chi connectivity index (χ1n) is 9.35. The molecule has 0 N–H and O–H groups in total. The Morgan fingerprint density at radius 3 is 2.40 bits per heavy atom. The molecule has 0 aliphatic rings. The standard InChI is InChI=1S/C20H21F3N4O3/c1-5-8-26-11(2)9-14(12(26)3)15(28)10-27-18(29)13-6-7-16(20(21,22)23)24-17(13)25(4)19(27)30/h6-7,9H,5,8,10H2,1-4H3. The number of ketones is 1. The Kier molecular flexibility index (Phi) is 5.44. The van der Waals surface area contributed by atoms with Gasteiger partial charge in [-0.2, -0.15) is 13.2 Å². The van der Waals surface area contributed by atoms with Crippen LogP contribution in [0, 0.1) is 13.8 Å². The molecule has 30 heavy (non-hydrogen) atoms. The van der Waals surface area contributed by atoms with E-state index < -0.39 is 35.4 Å². The number of aryl methyl sites for hydroxylation is 2. The molecular weight excluding hydrogens is 401 g/mol. The van der Waals surface area contributed by atoms with Gasteiger partial charge in [-0.1, -0.05) is 6.92 Å². The van der Waals surface area contributed by atoms with Crippen LogP contribution in [0.2, 0.25) is 0 Å². The molecule has 0 unspecified atom stereocenters. The van der Waals surface area contributed by atoms with Gasteiger partial charge in [0.2, 0.25) is 0 Å². The molecular formula is C20H21F3N4O3. The van der Waals surface area contributed by atoms with E-state index in [1.807, 2.05) is 18.4 Å². The lowest BCUT2D eigenvalue weighted by molar-refractivity contribution is -0.141. The Morgan fingerprint density at radius 2 is 1.80 bits per heavy atom. The second kappa shape index (κ2) is 7.58. The number of carbonyl (C=O) groups excluding carboxylic acids is 1. The van der Waals surface area contributed by atoms with Gasteiger partial charge in [-0.05, 0) is 38.5 Å². The first kappa shape index (κ1) is 21.5. The predicted octanol–water partition coefficient (Wildman–Crippen LogP) is 2.83. The van der Waals surface area contributed by atoms with Gasteiger partial charge in [-0.3, -0.25) is 18.7 Å². The van der Waals surface area contributed by atoms with Gasteiger partial charge in [-0.15, -0.1) is 0 Å². The molecule has 7 nitrogen and oxygen atoms in total. The van der Waals surface area contributed by atoms with Crippen LogP contribution in [0.5, 0.6) is 0 Å². The number of hydrogen-bond acceptors (Lipinski definition) is 4. The average Bonchev–Trinajstić information content (AvgIpc) is 2.97. The van der Waals surface area contributed by atoms with Crippen molar-refractivity contribution in [3.8, 4) is 0 Å². The zero-order valence-electron chi connectivity index (χ0n) is 17.0. The first-order valence-corrected chi connectivity index (χ1v) is 9.35. The molecule has 160 valence electrons. The number of carbonyl (C=O) groups is 1. The maximum absolute atomic E-state index is 12.9. The summed E-state index contributed by atoms with van der Waals surface area (Å²) in [6.07, 6.45) is -3.84. The lowest BCUT2D eigenvalue weighted by atomic mass is 10.1. The van der Waals surface area contributed by atoms with E-state index in [4.69, 9.17) is 0 Å². The van der Waals surface area contributed by atoms with Gasteiger partial charge >= 0.3 is 11.9 Å². The second-order valence-corrected chi connectivity index (χ2v) is 7.16. The van der Waals surface area contributed by atoms with Crippen LogP contribution >= 0.6 is 0 Å². The Hall–Kier alpha value is -3.17. The van der Waals surface area contributed by atoms with Gasteiger partial charge in [-0.25, -0.2) is 9.78 Å². The number of fused-ring (bicyclic) bond motifs is 1. The summed E-state index contributed by atoms with van der Waals surface area (Å²) in [7, 11) is 1.21. The quantitative estimate of drug-likeness (QED) is 0.593. The molecule has 0 amide bonds. The van der Waals surface area contributed by atoms with Crippen LogP contribution in [0.4, 0.5) is 13.2 Å². The third-order valence-corrected chi connectivity index (χ3v) is 5.10. The average molecular weight is 422 g/mol. The van der Waals surface area contributed by atoms with Crippen molar-refractivity contribution >= 4 is 16.8 Å². The van der Waals surface area contributed by atoms with Gasteiger partial charge in [0, 0.05) is 30.5 Å². The number of rotatable bonds is 5. The molecule has 0 bridgehead atoms. The molecule has 3 aromatic rings. The molecule has 10 heteroatoms. The Labute approximate surface area is 169 Å². The highest BCUT2D eigenvalue weighted by Gasteiger charge is 2.33. The Bertz CT molecular complexity index is 1270. The molecule has 3 rings (SSSR count). The largest absolute Gasteiger partial charge is 0.433 e. The summed E-state index contributed by atoms with van der Waals surface area (Å²) in [6, 6.07) is 3.36. The fourth-order valence-corrected chi connectivity index (χ4v) is 3.55. The van der Waals surface area contributed by atoms with Gasteiger partial charge in [0.25, 0.3) is 5.56 Å². The molecule has 0 saturated heterocycles. The maximum Gasteiger partial charge on any atom is 0.433 e. The number of aromatic nitrogens is 4. The van der Waals surface area contributed by atoms with E-state index in [1.165, 1.54) is 7.05 Å². The number of Topliss-reactive ketones (excluding diaryl/α,β-unsaturated/α-hetero) is 1. The number of nitrogens with zero attached hydrogens (tertiary/aromatic N) is 4. The minimum absolute atomic E-state index is 0.172. The predicted molar refractivity (Wildman–Crippen MR) is 105 cm³/mol. The molecule has 0 spiro atoms. The molecule has 0 aliphatic carbocycles. The molecule has 0 aliphatic heterocycles. The number of hydrogen-bond donors (Lipinski definition) is 0. The molecule has 0 radical (unpaired) electrons. The van der Waals surface area contributed by atoms with Crippen molar-refractivity contribution in [2.45, 2.75) is 46.5 Å². The van der Waals surface area contributed by atoms with Gasteiger partial charge in [0.05, 0.1) is 11.9 Å². The molecule has 0 fully saturated rings. The summed E-state index contributed by atoms with van der Waals surface area (Å²) in [6.45, 7) is 5.88. The number of pyridine rings is 1. The minimum atomic E-state index is -4.71. The first-order chi connectivity index (χ1) is 14.0. The fourth-order valence-electron chi connectivity index (χ4n) is 3.55. The lowest BCUT2D eigenvalue weighted by Crippen LogP contribution is -2.41. The maximum atomic E-state index is 12.9. The van der Waals surface area contributed by atoms with Gasteiger partial charge < -0.3 is 4.57 Å². The topological polar surface area (TPSA) is 78.9 Å². The number of alkyl halides is 3. The van der Waals surface area contributed by atoms with Crippen molar-refractivity contribution in [3.63, 3.8) is 0 Å². The van der Waals surface area contributed by atoms with E-state index in [0.29, 0.717) is 11.6 Å². The van der Waals surface area contributed by atoms with Crippen LogP contribution in [0.15, 0.2) is 27.8 Å². The van der Waals surface area contributed by atoms with Crippen LogP contribution in [-0.4, -0.2) is 24.5 Å². The van der Waals surface area contributed by atoms with Crippen molar-refractivity contribution < 1.29 is 18.0 Å². The van der Waals surface area contributed by atoms with Crippen LogP contribution in [0.3, 0.4) is 0 Å². The number of halogens is 3. The van der Waals surface area contributed by atoms with E-state index in [2.05, 4.69) is 4.98 Å². The van der Waals surface area contributed by atoms with Gasteiger partial charge in [0.15, 0.2) is 5.78 Å². The van der Waals surface area contributed by atoms with Crippen molar-refractivity contribution in [2.24, 2.45) is 7.05 Å². The highest BCUT2D eigenvalue weighted by molar-refractivity contribution is 5.97. The highest BCUT2D eigenvalue weighted by Crippen LogP contribution is 2.28. The molecule has 0 atom stereocenters. The summed E-state index contributed by atoms with van der Waals surface area (Å²) >= 11 is 0. The molecule has 3 heterocycles. The smallest absolute Gasteiger partial charge is 0.348 e. The highest BCUT2D eigenvalue weighted by atomic mass is 19.4.